The maximum absolute atomic E-state index is 11.6. The highest BCUT2D eigenvalue weighted by Crippen LogP contribution is 2.03. The summed E-state index contributed by atoms with van der Waals surface area (Å²) in [6, 6.07) is -0.0589. The summed E-state index contributed by atoms with van der Waals surface area (Å²) in [5, 5.41) is 3.11. The predicted octanol–water partition coefficient (Wildman–Crippen LogP) is -0.779. The molecule has 94 valence electrons. The number of sulfonamides is 1. The quantitative estimate of drug-likeness (QED) is 0.625. The molecule has 1 atom stereocenters. The number of rotatable bonds is 5. The molecule has 1 heterocycles. The number of ether oxygens (including phenoxy) is 1. The number of hydrogen-bond donors (Lipinski definition) is 2. The number of hydrogen-bond acceptors (Lipinski definition) is 5. The van der Waals surface area contributed by atoms with Gasteiger partial charge in [0.2, 0.25) is 10.0 Å². The van der Waals surface area contributed by atoms with Gasteiger partial charge in [-0.05, 0) is 19.4 Å². The van der Waals surface area contributed by atoms with Crippen molar-refractivity contribution in [3.8, 4) is 0 Å². The van der Waals surface area contributed by atoms with Crippen LogP contribution in [0.3, 0.4) is 0 Å². The topological polar surface area (TPSA) is 84.5 Å². The fraction of sp³-hybridized carbons (Fsp3) is 0.889. The molecule has 0 bridgehead atoms. The molecule has 0 spiro atoms. The van der Waals surface area contributed by atoms with Gasteiger partial charge in [0.15, 0.2) is 0 Å². The van der Waals surface area contributed by atoms with E-state index in [2.05, 4.69) is 14.8 Å². The average molecular weight is 250 g/mol. The average Bonchev–Trinajstić information content (AvgIpc) is 2.27. The largest absolute Gasteiger partial charge is 0.469 e. The Labute approximate surface area is 95.8 Å². The molecule has 2 N–H and O–H groups in total. The molecule has 1 aliphatic rings. The van der Waals surface area contributed by atoms with E-state index in [0.29, 0.717) is 6.54 Å². The van der Waals surface area contributed by atoms with Crippen LogP contribution in [0.25, 0.3) is 0 Å². The minimum Gasteiger partial charge on any atom is -0.469 e. The Morgan fingerprint density at radius 3 is 2.88 bits per heavy atom. The van der Waals surface area contributed by atoms with Gasteiger partial charge >= 0.3 is 5.97 Å². The summed E-state index contributed by atoms with van der Waals surface area (Å²) < 4.78 is 30.1. The van der Waals surface area contributed by atoms with E-state index < -0.39 is 16.0 Å². The van der Waals surface area contributed by atoms with Gasteiger partial charge < -0.3 is 10.1 Å². The van der Waals surface area contributed by atoms with Gasteiger partial charge in [-0.3, -0.25) is 4.79 Å². The molecule has 16 heavy (non-hydrogen) atoms. The van der Waals surface area contributed by atoms with Crippen LogP contribution in [-0.4, -0.2) is 46.4 Å². The van der Waals surface area contributed by atoms with E-state index in [1.165, 1.54) is 7.11 Å². The Morgan fingerprint density at radius 1 is 1.56 bits per heavy atom. The van der Waals surface area contributed by atoms with E-state index in [4.69, 9.17) is 0 Å². The molecule has 0 saturated carbocycles. The second-order valence-corrected chi connectivity index (χ2v) is 5.68. The van der Waals surface area contributed by atoms with Crippen LogP contribution < -0.4 is 10.0 Å². The molecule has 0 amide bonds. The monoisotopic (exact) mass is 250 g/mol. The summed E-state index contributed by atoms with van der Waals surface area (Å²) in [5.74, 6) is -0.719. The number of esters is 1. The number of carbonyl (C=O) groups excluding carboxylic acids is 1. The standard InChI is InChI=1S/C9H18N2O4S/c1-15-9(12)4-6-16(13,14)11-8-3-2-5-10-7-8/h8,10-11H,2-7H2,1H3/t8-/m1/s1. The minimum absolute atomic E-state index is 0.0589. The maximum atomic E-state index is 11.6. The van der Waals surface area contributed by atoms with Gasteiger partial charge in [-0.15, -0.1) is 0 Å². The first-order chi connectivity index (χ1) is 7.53. The lowest BCUT2D eigenvalue weighted by Gasteiger charge is -2.23. The van der Waals surface area contributed by atoms with Crippen LogP contribution in [0.5, 0.6) is 0 Å². The van der Waals surface area contributed by atoms with Crippen molar-refractivity contribution >= 4 is 16.0 Å². The third-order valence-electron chi connectivity index (χ3n) is 2.45. The molecule has 0 aromatic heterocycles. The van der Waals surface area contributed by atoms with Crippen LogP contribution in [0.4, 0.5) is 0 Å². The smallest absolute Gasteiger partial charge is 0.306 e. The molecular formula is C9H18N2O4S. The molecule has 0 radical (unpaired) electrons. The van der Waals surface area contributed by atoms with Crippen molar-refractivity contribution < 1.29 is 17.9 Å². The summed E-state index contributed by atoms with van der Waals surface area (Å²) in [5.41, 5.74) is 0. The fourth-order valence-electron chi connectivity index (χ4n) is 1.59. The summed E-state index contributed by atoms with van der Waals surface area (Å²) in [7, 11) is -2.13. The van der Waals surface area contributed by atoms with Crippen LogP contribution in [0.15, 0.2) is 0 Å². The Kier molecular flexibility index (Phi) is 5.17. The van der Waals surface area contributed by atoms with Crippen molar-refractivity contribution in [2.75, 3.05) is 26.0 Å². The molecule has 1 fully saturated rings. The zero-order valence-electron chi connectivity index (χ0n) is 9.36. The van der Waals surface area contributed by atoms with Crippen molar-refractivity contribution in [2.24, 2.45) is 0 Å². The van der Waals surface area contributed by atoms with Gasteiger partial charge in [-0.25, -0.2) is 13.1 Å². The van der Waals surface area contributed by atoms with Crippen LogP contribution in [0, 0.1) is 0 Å². The Morgan fingerprint density at radius 2 is 2.31 bits per heavy atom. The first kappa shape index (κ1) is 13.4. The van der Waals surface area contributed by atoms with E-state index >= 15 is 0 Å². The number of carbonyl (C=O) groups is 1. The molecule has 0 aromatic carbocycles. The second-order valence-electron chi connectivity index (χ2n) is 3.81. The molecular weight excluding hydrogens is 232 g/mol. The van der Waals surface area contributed by atoms with Gasteiger partial charge in [-0.1, -0.05) is 0 Å². The van der Waals surface area contributed by atoms with Crippen LogP contribution >= 0.6 is 0 Å². The Balaban J connectivity index is 2.35. The lowest BCUT2D eigenvalue weighted by Crippen LogP contribution is -2.46. The summed E-state index contributed by atoms with van der Waals surface area (Å²) in [4.78, 5) is 10.8. The van der Waals surface area contributed by atoms with Crippen molar-refractivity contribution in [1.82, 2.24) is 10.0 Å². The van der Waals surface area contributed by atoms with E-state index in [1.807, 2.05) is 0 Å². The molecule has 1 rings (SSSR count). The molecule has 7 heteroatoms. The van der Waals surface area contributed by atoms with Crippen molar-refractivity contribution in [1.29, 1.82) is 0 Å². The van der Waals surface area contributed by atoms with Gasteiger partial charge in [-0.2, -0.15) is 0 Å². The molecule has 0 aliphatic carbocycles. The number of nitrogens with one attached hydrogen (secondary N) is 2. The first-order valence-electron chi connectivity index (χ1n) is 5.31. The maximum Gasteiger partial charge on any atom is 0.306 e. The van der Waals surface area contributed by atoms with Crippen molar-refractivity contribution in [3.63, 3.8) is 0 Å². The van der Waals surface area contributed by atoms with Gasteiger partial charge in [0.05, 0.1) is 19.3 Å². The SMILES string of the molecule is COC(=O)CCS(=O)(=O)N[C@@H]1CCCNC1. The lowest BCUT2D eigenvalue weighted by atomic mass is 10.1. The molecule has 0 aromatic rings. The molecule has 6 nitrogen and oxygen atoms in total. The normalized spacial score (nSPS) is 21.7. The van der Waals surface area contributed by atoms with Crippen LogP contribution in [-0.2, 0) is 19.6 Å². The van der Waals surface area contributed by atoms with Crippen molar-refractivity contribution in [3.05, 3.63) is 0 Å². The van der Waals surface area contributed by atoms with Gasteiger partial charge in [0.25, 0.3) is 0 Å². The van der Waals surface area contributed by atoms with E-state index in [0.717, 1.165) is 19.4 Å². The highest BCUT2D eigenvalue weighted by Gasteiger charge is 2.20. The first-order valence-corrected chi connectivity index (χ1v) is 6.96. The molecule has 1 aliphatic heterocycles. The van der Waals surface area contributed by atoms with E-state index in [-0.39, 0.29) is 18.2 Å². The van der Waals surface area contributed by atoms with Crippen molar-refractivity contribution in [2.45, 2.75) is 25.3 Å². The summed E-state index contributed by atoms with van der Waals surface area (Å²) in [6.07, 6.45) is 1.70. The number of piperidine rings is 1. The third-order valence-corrected chi connectivity index (χ3v) is 3.88. The second kappa shape index (κ2) is 6.17. The molecule has 0 unspecified atom stereocenters. The lowest BCUT2D eigenvalue weighted by molar-refractivity contribution is -0.140. The van der Waals surface area contributed by atoms with Crippen LogP contribution in [0.2, 0.25) is 0 Å². The highest BCUT2D eigenvalue weighted by molar-refractivity contribution is 7.89. The highest BCUT2D eigenvalue weighted by atomic mass is 32.2. The van der Waals surface area contributed by atoms with Crippen LogP contribution in [0.1, 0.15) is 19.3 Å². The third kappa shape index (κ3) is 4.91. The zero-order valence-corrected chi connectivity index (χ0v) is 10.2. The minimum atomic E-state index is -3.38. The zero-order chi connectivity index (χ0) is 12.0. The summed E-state index contributed by atoms with van der Waals surface area (Å²) in [6.45, 7) is 1.58. The van der Waals surface area contributed by atoms with Gasteiger partial charge in [0, 0.05) is 12.6 Å². The molecule has 1 saturated heterocycles. The predicted molar refractivity (Wildman–Crippen MR) is 59.4 cm³/mol. The Bertz CT molecular complexity index is 322. The summed E-state index contributed by atoms with van der Waals surface area (Å²) >= 11 is 0. The van der Waals surface area contributed by atoms with Gasteiger partial charge in [0.1, 0.15) is 0 Å². The van der Waals surface area contributed by atoms with E-state index in [1.54, 1.807) is 0 Å². The fourth-order valence-corrected chi connectivity index (χ4v) is 2.85. The van der Waals surface area contributed by atoms with E-state index in [9.17, 15) is 13.2 Å². The Hall–Kier alpha value is -0.660. The number of methoxy groups -OCH3 is 1.